The summed E-state index contributed by atoms with van der Waals surface area (Å²) < 4.78 is 21.9. The van der Waals surface area contributed by atoms with Crippen LogP contribution in [0.2, 0.25) is 0 Å². The molecule has 6 atom stereocenters. The van der Waals surface area contributed by atoms with Crippen LogP contribution in [0.5, 0.6) is 0 Å². The summed E-state index contributed by atoms with van der Waals surface area (Å²) in [6, 6.07) is 9.45. The van der Waals surface area contributed by atoms with Crippen molar-refractivity contribution in [2.45, 2.75) is 37.0 Å². The molecule has 20 heavy (non-hydrogen) atoms. The van der Waals surface area contributed by atoms with Gasteiger partial charge in [-0.15, -0.1) is 0 Å². The van der Waals surface area contributed by atoms with Crippen molar-refractivity contribution in [2.24, 2.45) is 0 Å². The minimum atomic E-state index is -1.14. The van der Waals surface area contributed by atoms with Crippen molar-refractivity contribution in [3.8, 4) is 0 Å². The average Bonchev–Trinajstić information content (AvgIpc) is 2.51. The Hall–Kier alpha value is -1.02. The molecule has 2 aliphatic rings. The number of fused-ring (bicyclic) bond motifs is 1. The Labute approximate surface area is 116 Å². The van der Waals surface area contributed by atoms with Gasteiger partial charge in [-0.05, 0) is 0 Å². The van der Waals surface area contributed by atoms with Crippen molar-refractivity contribution < 1.29 is 29.2 Å². The number of ether oxygens (including phenoxy) is 4. The van der Waals surface area contributed by atoms with Gasteiger partial charge < -0.3 is 29.2 Å². The smallest absolute Gasteiger partial charge is 0.186 e. The molecule has 0 aromatic heterocycles. The molecule has 0 bridgehead atoms. The normalized spacial score (nSPS) is 41.1. The molecule has 0 spiro atoms. The molecule has 6 heteroatoms. The molecule has 0 radical (unpaired) electrons. The van der Waals surface area contributed by atoms with E-state index in [4.69, 9.17) is 18.9 Å². The molecule has 1 unspecified atom stereocenters. The quantitative estimate of drug-likeness (QED) is 0.755. The molecular formula is C14H18O6. The number of methoxy groups -OCH3 is 1. The summed E-state index contributed by atoms with van der Waals surface area (Å²) in [5.74, 6) is 0. The predicted octanol–water partition coefficient (Wildman–Crippen LogP) is 0.194. The van der Waals surface area contributed by atoms with E-state index in [0.29, 0.717) is 0 Å². The van der Waals surface area contributed by atoms with E-state index in [1.807, 2.05) is 30.3 Å². The van der Waals surface area contributed by atoms with Gasteiger partial charge in [0.05, 0.1) is 6.61 Å². The van der Waals surface area contributed by atoms with Crippen LogP contribution < -0.4 is 0 Å². The van der Waals surface area contributed by atoms with E-state index >= 15 is 0 Å². The molecule has 1 aromatic rings. The van der Waals surface area contributed by atoms with E-state index in [1.165, 1.54) is 7.11 Å². The van der Waals surface area contributed by atoms with Crippen LogP contribution in [0.25, 0.3) is 0 Å². The summed E-state index contributed by atoms with van der Waals surface area (Å²) in [4.78, 5) is 0. The van der Waals surface area contributed by atoms with Crippen molar-refractivity contribution in [3.05, 3.63) is 35.9 Å². The van der Waals surface area contributed by atoms with Gasteiger partial charge >= 0.3 is 0 Å². The van der Waals surface area contributed by atoms with Crippen LogP contribution >= 0.6 is 0 Å². The van der Waals surface area contributed by atoms with E-state index in [2.05, 4.69) is 0 Å². The van der Waals surface area contributed by atoms with Gasteiger partial charge in [-0.2, -0.15) is 0 Å². The molecule has 0 saturated carbocycles. The van der Waals surface area contributed by atoms with Gasteiger partial charge in [0.25, 0.3) is 0 Å². The molecular weight excluding hydrogens is 265 g/mol. The Bertz CT molecular complexity index is 437. The van der Waals surface area contributed by atoms with Crippen molar-refractivity contribution in [1.29, 1.82) is 0 Å². The zero-order valence-corrected chi connectivity index (χ0v) is 11.1. The van der Waals surface area contributed by atoms with E-state index in [1.54, 1.807) is 0 Å². The van der Waals surface area contributed by atoms with Gasteiger partial charge in [0.2, 0.25) is 0 Å². The maximum Gasteiger partial charge on any atom is 0.186 e. The molecule has 3 rings (SSSR count). The fourth-order valence-corrected chi connectivity index (χ4v) is 2.55. The first kappa shape index (κ1) is 13.9. The predicted molar refractivity (Wildman–Crippen MR) is 67.7 cm³/mol. The third-order valence-corrected chi connectivity index (χ3v) is 3.64. The van der Waals surface area contributed by atoms with Crippen molar-refractivity contribution in [3.63, 3.8) is 0 Å². The summed E-state index contributed by atoms with van der Waals surface area (Å²) in [6.45, 7) is 0.272. The van der Waals surface area contributed by atoms with Crippen LogP contribution in [0.15, 0.2) is 30.3 Å². The second kappa shape index (κ2) is 5.77. The molecule has 110 valence electrons. The lowest BCUT2D eigenvalue weighted by Crippen LogP contribution is -2.62. The molecule has 2 saturated heterocycles. The van der Waals surface area contributed by atoms with Crippen LogP contribution in [0, 0.1) is 0 Å². The topological polar surface area (TPSA) is 77.4 Å². The highest BCUT2D eigenvalue weighted by atomic mass is 16.8. The first-order valence-corrected chi connectivity index (χ1v) is 6.57. The maximum atomic E-state index is 10.1. The maximum absolute atomic E-state index is 10.1. The van der Waals surface area contributed by atoms with Gasteiger partial charge in [0.15, 0.2) is 12.6 Å². The lowest BCUT2D eigenvalue weighted by molar-refractivity contribution is -0.358. The Morgan fingerprint density at radius 2 is 1.85 bits per heavy atom. The fourth-order valence-electron chi connectivity index (χ4n) is 2.55. The highest BCUT2D eigenvalue weighted by molar-refractivity contribution is 5.16. The van der Waals surface area contributed by atoms with Crippen LogP contribution in [0.3, 0.4) is 0 Å². The number of benzene rings is 1. The summed E-state index contributed by atoms with van der Waals surface area (Å²) in [7, 11) is 1.41. The zero-order valence-electron chi connectivity index (χ0n) is 11.1. The summed E-state index contributed by atoms with van der Waals surface area (Å²) in [5.41, 5.74) is 0.863. The second-order valence-corrected chi connectivity index (χ2v) is 4.94. The Kier molecular flexibility index (Phi) is 4.02. The van der Waals surface area contributed by atoms with Crippen LogP contribution in [0.1, 0.15) is 11.9 Å². The Morgan fingerprint density at radius 3 is 2.55 bits per heavy atom. The monoisotopic (exact) mass is 283 g/mol. The highest BCUT2D eigenvalue weighted by Gasteiger charge is 2.48. The molecule has 2 aliphatic heterocycles. The van der Waals surface area contributed by atoms with Gasteiger partial charge in [-0.3, -0.25) is 0 Å². The highest BCUT2D eigenvalue weighted by Crippen LogP contribution is 2.33. The SMILES string of the molecule is CO[13C@@H]1O[C@@H]2COC(c3ccccc3)O[C@@H]2[C@H](O)[C@H]1O. The number of rotatable bonds is 2. The fraction of sp³-hybridized carbons (Fsp3) is 0.571. The molecule has 2 N–H and O–H groups in total. The molecule has 0 amide bonds. The first-order valence-electron chi connectivity index (χ1n) is 6.57. The third kappa shape index (κ3) is 2.46. The number of hydrogen-bond acceptors (Lipinski definition) is 6. The van der Waals surface area contributed by atoms with E-state index in [9.17, 15) is 10.2 Å². The number of hydrogen-bond donors (Lipinski definition) is 2. The minimum absolute atomic E-state index is 0.272. The number of aliphatic hydroxyl groups excluding tert-OH is 2. The molecule has 2 fully saturated rings. The summed E-state index contributed by atoms with van der Waals surface area (Å²) in [5, 5.41) is 20.1. The van der Waals surface area contributed by atoms with E-state index in [-0.39, 0.29) is 6.61 Å². The largest absolute Gasteiger partial charge is 0.387 e. The van der Waals surface area contributed by atoms with Gasteiger partial charge in [-0.25, -0.2) is 0 Å². The molecule has 6 nitrogen and oxygen atoms in total. The van der Waals surface area contributed by atoms with Crippen molar-refractivity contribution in [2.75, 3.05) is 13.7 Å². The van der Waals surface area contributed by atoms with E-state index < -0.39 is 37.0 Å². The van der Waals surface area contributed by atoms with Gasteiger partial charge in [0.1, 0.15) is 24.4 Å². The van der Waals surface area contributed by atoms with Crippen LogP contribution in [-0.2, 0) is 18.9 Å². The lowest BCUT2D eigenvalue weighted by Gasteiger charge is -2.45. The third-order valence-electron chi connectivity index (χ3n) is 3.64. The first-order chi connectivity index (χ1) is 9.70. The van der Waals surface area contributed by atoms with Gasteiger partial charge in [-0.1, -0.05) is 30.3 Å². The van der Waals surface area contributed by atoms with E-state index in [0.717, 1.165) is 5.56 Å². The van der Waals surface area contributed by atoms with Crippen LogP contribution in [-0.4, -0.2) is 54.6 Å². The number of aliphatic hydroxyl groups is 2. The second-order valence-electron chi connectivity index (χ2n) is 4.94. The molecule has 0 aliphatic carbocycles. The summed E-state index contributed by atoms with van der Waals surface area (Å²) in [6.07, 6.45) is -4.76. The van der Waals surface area contributed by atoms with Gasteiger partial charge in [0, 0.05) is 12.7 Å². The van der Waals surface area contributed by atoms with Crippen LogP contribution in [0.4, 0.5) is 0 Å². The Balaban J connectivity index is 1.74. The minimum Gasteiger partial charge on any atom is -0.387 e. The summed E-state index contributed by atoms with van der Waals surface area (Å²) >= 11 is 0. The van der Waals surface area contributed by atoms with Crippen molar-refractivity contribution >= 4 is 0 Å². The zero-order chi connectivity index (χ0) is 14.1. The lowest BCUT2D eigenvalue weighted by atomic mass is 10.0. The average molecular weight is 283 g/mol. The van der Waals surface area contributed by atoms with Crippen molar-refractivity contribution in [1.82, 2.24) is 0 Å². The Morgan fingerprint density at radius 1 is 1.10 bits per heavy atom. The standard InChI is InChI=1S/C14H18O6/c1-17-14-11(16)10(15)12-9(19-14)7-18-13(20-12)8-5-3-2-4-6-8/h2-6,9-16H,7H2,1H3/t9-,10-,11-,12+,13?,14-/m1/s1/i14+1. The molecule has 2 heterocycles. The molecule has 1 aromatic carbocycles.